The van der Waals surface area contributed by atoms with Crippen LogP contribution in [0, 0.1) is 0 Å². The van der Waals surface area contributed by atoms with Crippen LogP contribution < -0.4 is 15.7 Å². The van der Waals surface area contributed by atoms with Crippen molar-refractivity contribution < 1.29 is 14.3 Å². The predicted molar refractivity (Wildman–Crippen MR) is 111 cm³/mol. The first-order chi connectivity index (χ1) is 13.9. The predicted octanol–water partition coefficient (Wildman–Crippen LogP) is 1.64. The van der Waals surface area contributed by atoms with Gasteiger partial charge in [-0.25, -0.2) is 5.43 Å². The third-order valence-electron chi connectivity index (χ3n) is 4.31. The van der Waals surface area contributed by atoms with Crippen LogP contribution in [0.2, 0.25) is 0 Å². The maximum absolute atomic E-state index is 12.0. The van der Waals surface area contributed by atoms with Crippen LogP contribution in [0.3, 0.4) is 0 Å². The molecule has 0 spiro atoms. The van der Waals surface area contributed by atoms with Crippen molar-refractivity contribution in [1.82, 2.24) is 14.9 Å². The molecule has 154 valence electrons. The summed E-state index contributed by atoms with van der Waals surface area (Å²) in [5.41, 5.74) is 3.59. The van der Waals surface area contributed by atoms with E-state index in [4.69, 9.17) is 4.74 Å². The SMILES string of the molecule is CCN(CC)C(=O)COc1ccc(/C(C)=N\NC(=O)Cn2ccccc2=O)cc1. The van der Waals surface area contributed by atoms with Crippen LogP contribution in [0.5, 0.6) is 5.75 Å². The van der Waals surface area contributed by atoms with E-state index in [1.807, 2.05) is 13.8 Å². The molecule has 29 heavy (non-hydrogen) atoms. The standard InChI is InChI=1S/C21H26N4O4/c1-4-24(5-2)21(28)15-29-18-11-9-17(10-12-18)16(3)22-23-19(26)14-25-13-7-6-8-20(25)27/h6-13H,4-5,14-15H2,1-3H3,(H,23,26)/b22-16-. The topological polar surface area (TPSA) is 93.0 Å². The van der Waals surface area contributed by atoms with E-state index in [0.717, 1.165) is 5.56 Å². The number of amides is 2. The zero-order chi connectivity index (χ0) is 21.2. The lowest BCUT2D eigenvalue weighted by atomic mass is 10.1. The fourth-order valence-corrected chi connectivity index (χ4v) is 2.60. The molecule has 8 nitrogen and oxygen atoms in total. The Kier molecular flexibility index (Phi) is 8.14. The molecule has 0 fully saturated rings. The summed E-state index contributed by atoms with van der Waals surface area (Å²) in [6.07, 6.45) is 1.54. The molecule has 0 aliphatic carbocycles. The second kappa shape index (κ2) is 10.8. The van der Waals surface area contributed by atoms with E-state index in [0.29, 0.717) is 24.6 Å². The summed E-state index contributed by atoms with van der Waals surface area (Å²) < 4.78 is 6.83. The Bertz CT molecular complexity index is 915. The number of hydrazone groups is 1. The summed E-state index contributed by atoms with van der Waals surface area (Å²) in [5.74, 6) is 0.124. The number of nitrogens with zero attached hydrogens (tertiary/aromatic N) is 3. The van der Waals surface area contributed by atoms with Crippen LogP contribution in [0.25, 0.3) is 0 Å². The van der Waals surface area contributed by atoms with E-state index in [2.05, 4.69) is 10.5 Å². The molecular weight excluding hydrogens is 372 g/mol. The van der Waals surface area contributed by atoms with Gasteiger partial charge in [0.15, 0.2) is 6.61 Å². The average Bonchev–Trinajstić information content (AvgIpc) is 2.73. The minimum Gasteiger partial charge on any atom is -0.484 e. The van der Waals surface area contributed by atoms with Crippen LogP contribution >= 0.6 is 0 Å². The molecule has 8 heteroatoms. The van der Waals surface area contributed by atoms with E-state index in [1.54, 1.807) is 54.4 Å². The molecule has 1 N–H and O–H groups in total. The van der Waals surface area contributed by atoms with Crippen molar-refractivity contribution in [3.63, 3.8) is 0 Å². The smallest absolute Gasteiger partial charge is 0.260 e. The van der Waals surface area contributed by atoms with Crippen molar-refractivity contribution in [3.05, 3.63) is 64.6 Å². The van der Waals surface area contributed by atoms with Crippen LogP contribution in [-0.4, -0.2) is 46.7 Å². The molecule has 0 atom stereocenters. The largest absolute Gasteiger partial charge is 0.484 e. The van der Waals surface area contributed by atoms with Gasteiger partial charge in [0.25, 0.3) is 17.4 Å². The maximum Gasteiger partial charge on any atom is 0.260 e. The number of pyridine rings is 1. The van der Waals surface area contributed by atoms with E-state index in [9.17, 15) is 14.4 Å². The lowest BCUT2D eigenvalue weighted by molar-refractivity contribution is -0.133. The molecule has 2 rings (SSSR count). The Hall–Kier alpha value is -3.42. The summed E-state index contributed by atoms with van der Waals surface area (Å²) in [6, 6.07) is 11.8. The summed E-state index contributed by atoms with van der Waals surface area (Å²) in [6.45, 7) is 6.79. The Labute approximate surface area is 169 Å². The molecule has 0 aliphatic rings. The molecule has 2 amide bonds. The summed E-state index contributed by atoms with van der Waals surface area (Å²) in [4.78, 5) is 37.3. The number of carbonyl (C=O) groups excluding carboxylic acids is 2. The zero-order valence-corrected chi connectivity index (χ0v) is 16.9. The number of benzene rings is 1. The molecule has 1 heterocycles. The normalized spacial score (nSPS) is 11.1. The molecule has 0 unspecified atom stereocenters. The fourth-order valence-electron chi connectivity index (χ4n) is 2.60. The lowest BCUT2D eigenvalue weighted by Gasteiger charge is -2.18. The van der Waals surface area contributed by atoms with Gasteiger partial charge in [-0.2, -0.15) is 5.10 Å². The minimum atomic E-state index is -0.396. The first kappa shape index (κ1) is 21.9. The van der Waals surface area contributed by atoms with Gasteiger partial charge in [0.05, 0.1) is 5.71 Å². The summed E-state index contributed by atoms with van der Waals surface area (Å²) >= 11 is 0. The van der Waals surface area contributed by atoms with Gasteiger partial charge in [0.1, 0.15) is 12.3 Å². The number of hydrogen-bond donors (Lipinski definition) is 1. The lowest BCUT2D eigenvalue weighted by Crippen LogP contribution is -2.34. The van der Waals surface area contributed by atoms with Crippen molar-refractivity contribution >= 4 is 17.5 Å². The number of aromatic nitrogens is 1. The van der Waals surface area contributed by atoms with Crippen LogP contribution in [0.4, 0.5) is 0 Å². The molecule has 2 aromatic rings. The number of carbonyl (C=O) groups is 2. The third-order valence-corrected chi connectivity index (χ3v) is 4.31. The van der Waals surface area contributed by atoms with E-state index in [-0.39, 0.29) is 24.6 Å². The summed E-state index contributed by atoms with van der Waals surface area (Å²) in [7, 11) is 0. The highest BCUT2D eigenvalue weighted by molar-refractivity contribution is 5.99. The zero-order valence-electron chi connectivity index (χ0n) is 16.9. The minimum absolute atomic E-state index is 0.0109. The quantitative estimate of drug-likeness (QED) is 0.513. The highest BCUT2D eigenvalue weighted by Gasteiger charge is 2.10. The van der Waals surface area contributed by atoms with Gasteiger partial charge in [0.2, 0.25) is 0 Å². The van der Waals surface area contributed by atoms with Crippen molar-refractivity contribution in [2.75, 3.05) is 19.7 Å². The number of ether oxygens (including phenoxy) is 1. The number of likely N-dealkylation sites (N-methyl/N-ethyl adjacent to an activating group) is 1. The molecule has 1 aromatic heterocycles. The van der Waals surface area contributed by atoms with Crippen molar-refractivity contribution in [2.45, 2.75) is 27.3 Å². The molecule has 0 radical (unpaired) electrons. The number of nitrogens with one attached hydrogen (secondary N) is 1. The third kappa shape index (κ3) is 6.60. The van der Waals surface area contributed by atoms with Crippen LogP contribution in [0.15, 0.2) is 58.6 Å². The van der Waals surface area contributed by atoms with Crippen molar-refractivity contribution in [2.24, 2.45) is 5.10 Å². The number of rotatable bonds is 9. The molecule has 0 saturated heterocycles. The van der Waals surface area contributed by atoms with Gasteiger partial charge in [0, 0.05) is 25.4 Å². The summed E-state index contributed by atoms with van der Waals surface area (Å²) in [5, 5.41) is 4.07. The van der Waals surface area contributed by atoms with Gasteiger partial charge in [-0.3, -0.25) is 14.4 Å². The van der Waals surface area contributed by atoms with Gasteiger partial charge in [-0.1, -0.05) is 6.07 Å². The molecular formula is C21H26N4O4. The highest BCUT2D eigenvalue weighted by Crippen LogP contribution is 2.13. The van der Waals surface area contributed by atoms with Crippen molar-refractivity contribution in [3.8, 4) is 5.75 Å². The van der Waals surface area contributed by atoms with Gasteiger partial charge >= 0.3 is 0 Å². The van der Waals surface area contributed by atoms with Gasteiger partial charge in [-0.15, -0.1) is 0 Å². The highest BCUT2D eigenvalue weighted by atomic mass is 16.5. The van der Waals surface area contributed by atoms with E-state index in [1.165, 1.54) is 10.6 Å². The van der Waals surface area contributed by atoms with Crippen molar-refractivity contribution in [1.29, 1.82) is 0 Å². The van der Waals surface area contributed by atoms with Crippen LogP contribution in [-0.2, 0) is 16.1 Å². The monoisotopic (exact) mass is 398 g/mol. The second-order valence-electron chi connectivity index (χ2n) is 6.28. The Balaban J connectivity index is 1.89. The average molecular weight is 398 g/mol. The first-order valence-corrected chi connectivity index (χ1v) is 9.44. The molecule has 0 aliphatic heterocycles. The number of hydrogen-bond acceptors (Lipinski definition) is 5. The van der Waals surface area contributed by atoms with Gasteiger partial charge < -0.3 is 14.2 Å². The fraction of sp³-hybridized carbons (Fsp3) is 0.333. The van der Waals surface area contributed by atoms with Gasteiger partial charge in [-0.05, 0) is 56.7 Å². The molecule has 0 saturated carbocycles. The Morgan fingerprint density at radius 2 is 1.79 bits per heavy atom. The van der Waals surface area contributed by atoms with Crippen LogP contribution in [0.1, 0.15) is 26.3 Å². The Morgan fingerprint density at radius 3 is 2.41 bits per heavy atom. The van der Waals surface area contributed by atoms with E-state index < -0.39 is 5.91 Å². The Morgan fingerprint density at radius 1 is 1.10 bits per heavy atom. The maximum atomic E-state index is 12.0. The molecule has 1 aromatic carbocycles. The first-order valence-electron chi connectivity index (χ1n) is 9.44. The van der Waals surface area contributed by atoms with E-state index >= 15 is 0 Å². The second-order valence-corrected chi connectivity index (χ2v) is 6.28. The molecule has 0 bridgehead atoms.